The molecule has 3 aromatic rings. The fraction of sp³-hybridized carbons (Fsp3) is 0.312. The summed E-state index contributed by atoms with van der Waals surface area (Å²) in [5.74, 6) is 0.980. The Morgan fingerprint density at radius 1 is 1.18 bits per heavy atom. The molecule has 22 heavy (non-hydrogen) atoms. The van der Waals surface area contributed by atoms with Crippen molar-refractivity contribution in [2.45, 2.75) is 26.3 Å². The fourth-order valence-corrected chi connectivity index (χ4v) is 2.34. The van der Waals surface area contributed by atoms with Crippen molar-refractivity contribution in [2.24, 2.45) is 0 Å². The Balaban J connectivity index is 1.89. The molecular formula is C16H20N6. The second-order valence-corrected chi connectivity index (χ2v) is 5.26. The summed E-state index contributed by atoms with van der Waals surface area (Å²) in [5.41, 5.74) is 8.51. The van der Waals surface area contributed by atoms with Gasteiger partial charge in [0.05, 0.1) is 12.7 Å². The molecule has 3 rings (SSSR count). The topological polar surface area (TPSA) is 81.6 Å². The van der Waals surface area contributed by atoms with Crippen molar-refractivity contribution in [2.75, 3.05) is 17.6 Å². The predicted octanol–water partition coefficient (Wildman–Crippen LogP) is 2.67. The van der Waals surface area contributed by atoms with Crippen LogP contribution in [0.1, 0.15) is 25.3 Å². The summed E-state index contributed by atoms with van der Waals surface area (Å²) >= 11 is 0. The van der Waals surface area contributed by atoms with Gasteiger partial charge in [-0.15, -0.1) is 0 Å². The van der Waals surface area contributed by atoms with Crippen LogP contribution >= 0.6 is 0 Å². The summed E-state index contributed by atoms with van der Waals surface area (Å²) in [6, 6.07) is 10.2. The summed E-state index contributed by atoms with van der Waals surface area (Å²) in [7, 11) is 0. The number of nitrogens with two attached hydrogens (primary N) is 1. The van der Waals surface area contributed by atoms with Crippen molar-refractivity contribution >= 4 is 22.8 Å². The molecule has 2 heterocycles. The number of benzene rings is 1. The molecule has 0 fully saturated rings. The SMILES string of the molecule is CCCCNc1nc(N)nc2cn(Cc3ccccc3)nc12. The van der Waals surface area contributed by atoms with Crippen molar-refractivity contribution < 1.29 is 0 Å². The van der Waals surface area contributed by atoms with E-state index in [1.165, 1.54) is 5.56 Å². The summed E-state index contributed by atoms with van der Waals surface area (Å²) in [6.07, 6.45) is 4.11. The van der Waals surface area contributed by atoms with Crippen LogP contribution in [0.3, 0.4) is 0 Å². The monoisotopic (exact) mass is 296 g/mol. The van der Waals surface area contributed by atoms with E-state index in [9.17, 15) is 0 Å². The average molecular weight is 296 g/mol. The van der Waals surface area contributed by atoms with Gasteiger partial charge < -0.3 is 11.1 Å². The van der Waals surface area contributed by atoms with Gasteiger partial charge in [0.1, 0.15) is 5.52 Å². The molecule has 0 aliphatic heterocycles. The number of rotatable bonds is 6. The van der Waals surface area contributed by atoms with E-state index in [0.29, 0.717) is 12.4 Å². The Kier molecular flexibility index (Phi) is 4.18. The molecule has 0 spiro atoms. The van der Waals surface area contributed by atoms with E-state index in [1.54, 1.807) is 0 Å². The number of nitrogens with zero attached hydrogens (tertiary/aromatic N) is 4. The van der Waals surface area contributed by atoms with Gasteiger partial charge in [-0.2, -0.15) is 10.1 Å². The lowest BCUT2D eigenvalue weighted by atomic mass is 10.2. The third-order valence-electron chi connectivity index (χ3n) is 3.44. The quantitative estimate of drug-likeness (QED) is 0.683. The molecule has 0 saturated carbocycles. The van der Waals surface area contributed by atoms with E-state index in [0.717, 1.165) is 30.4 Å². The number of hydrogen-bond acceptors (Lipinski definition) is 5. The van der Waals surface area contributed by atoms with E-state index in [2.05, 4.69) is 39.4 Å². The van der Waals surface area contributed by atoms with Gasteiger partial charge in [-0.3, -0.25) is 4.68 Å². The zero-order valence-corrected chi connectivity index (χ0v) is 12.7. The van der Waals surface area contributed by atoms with Crippen molar-refractivity contribution in [3.63, 3.8) is 0 Å². The first-order valence-electron chi connectivity index (χ1n) is 7.54. The summed E-state index contributed by atoms with van der Waals surface area (Å²) < 4.78 is 1.87. The first-order valence-corrected chi connectivity index (χ1v) is 7.54. The molecule has 0 radical (unpaired) electrons. The number of aromatic nitrogens is 4. The Morgan fingerprint density at radius 3 is 2.77 bits per heavy atom. The lowest BCUT2D eigenvalue weighted by Crippen LogP contribution is -2.06. The molecule has 0 saturated heterocycles. The normalized spacial score (nSPS) is 11.0. The van der Waals surface area contributed by atoms with E-state index >= 15 is 0 Å². The van der Waals surface area contributed by atoms with Gasteiger partial charge in [0.2, 0.25) is 5.95 Å². The zero-order valence-electron chi connectivity index (χ0n) is 12.7. The molecule has 0 aliphatic rings. The Hall–Kier alpha value is -2.63. The van der Waals surface area contributed by atoms with Crippen LogP contribution in [0.4, 0.5) is 11.8 Å². The van der Waals surface area contributed by atoms with Crippen LogP contribution in [0.5, 0.6) is 0 Å². The van der Waals surface area contributed by atoms with Crippen LogP contribution in [-0.2, 0) is 6.54 Å². The second-order valence-electron chi connectivity index (χ2n) is 5.26. The number of nitrogen functional groups attached to an aromatic ring is 1. The Morgan fingerprint density at radius 2 is 2.00 bits per heavy atom. The highest BCUT2D eigenvalue weighted by Crippen LogP contribution is 2.20. The zero-order chi connectivity index (χ0) is 15.4. The van der Waals surface area contributed by atoms with Crippen LogP contribution in [-0.4, -0.2) is 26.3 Å². The molecule has 3 N–H and O–H groups in total. The van der Waals surface area contributed by atoms with Gasteiger partial charge in [0, 0.05) is 6.54 Å². The number of unbranched alkanes of at least 4 members (excludes halogenated alkanes) is 1. The number of nitrogens with one attached hydrogen (secondary N) is 1. The molecule has 0 aliphatic carbocycles. The van der Waals surface area contributed by atoms with Crippen LogP contribution < -0.4 is 11.1 Å². The van der Waals surface area contributed by atoms with Crippen molar-refractivity contribution in [1.29, 1.82) is 0 Å². The van der Waals surface area contributed by atoms with Crippen molar-refractivity contribution in [1.82, 2.24) is 19.7 Å². The minimum Gasteiger partial charge on any atom is -0.368 e. The second kappa shape index (κ2) is 6.43. The molecular weight excluding hydrogens is 276 g/mol. The van der Waals surface area contributed by atoms with Crippen molar-refractivity contribution in [3.05, 3.63) is 42.1 Å². The van der Waals surface area contributed by atoms with E-state index in [1.807, 2.05) is 29.1 Å². The minimum atomic E-state index is 0.269. The molecule has 6 heteroatoms. The first kappa shape index (κ1) is 14.3. The fourth-order valence-electron chi connectivity index (χ4n) is 2.34. The molecule has 1 aromatic carbocycles. The number of fused-ring (bicyclic) bond motifs is 1. The lowest BCUT2D eigenvalue weighted by Gasteiger charge is -2.05. The predicted molar refractivity (Wildman–Crippen MR) is 88.7 cm³/mol. The van der Waals surface area contributed by atoms with Crippen LogP contribution in [0.2, 0.25) is 0 Å². The van der Waals surface area contributed by atoms with E-state index in [4.69, 9.17) is 5.73 Å². The third-order valence-corrected chi connectivity index (χ3v) is 3.44. The first-order chi connectivity index (χ1) is 10.8. The summed E-state index contributed by atoms with van der Waals surface area (Å²) in [6.45, 7) is 3.71. The molecule has 0 unspecified atom stereocenters. The highest BCUT2D eigenvalue weighted by Gasteiger charge is 2.10. The van der Waals surface area contributed by atoms with Crippen LogP contribution in [0.25, 0.3) is 11.0 Å². The summed E-state index contributed by atoms with van der Waals surface area (Å²) in [4.78, 5) is 8.54. The third kappa shape index (κ3) is 3.16. The van der Waals surface area contributed by atoms with E-state index in [-0.39, 0.29) is 5.95 Å². The number of anilines is 2. The molecule has 114 valence electrons. The lowest BCUT2D eigenvalue weighted by molar-refractivity contribution is 0.695. The van der Waals surface area contributed by atoms with Crippen LogP contribution in [0, 0.1) is 0 Å². The Bertz CT molecular complexity index is 750. The molecule has 0 atom stereocenters. The van der Waals surface area contributed by atoms with Gasteiger partial charge in [-0.05, 0) is 12.0 Å². The molecule has 6 nitrogen and oxygen atoms in total. The van der Waals surface area contributed by atoms with Crippen LogP contribution in [0.15, 0.2) is 36.5 Å². The molecule has 2 aromatic heterocycles. The van der Waals surface area contributed by atoms with Gasteiger partial charge in [0.15, 0.2) is 11.3 Å². The van der Waals surface area contributed by atoms with Crippen molar-refractivity contribution in [3.8, 4) is 0 Å². The molecule has 0 amide bonds. The maximum absolute atomic E-state index is 5.79. The maximum Gasteiger partial charge on any atom is 0.222 e. The van der Waals surface area contributed by atoms with E-state index < -0.39 is 0 Å². The van der Waals surface area contributed by atoms with Gasteiger partial charge in [0.25, 0.3) is 0 Å². The summed E-state index contributed by atoms with van der Waals surface area (Å²) in [5, 5.41) is 7.90. The highest BCUT2D eigenvalue weighted by molar-refractivity contribution is 5.85. The Labute approximate surface area is 129 Å². The number of hydrogen-bond donors (Lipinski definition) is 2. The van der Waals surface area contributed by atoms with Gasteiger partial charge in [-0.25, -0.2) is 4.98 Å². The largest absolute Gasteiger partial charge is 0.368 e. The average Bonchev–Trinajstić information content (AvgIpc) is 2.90. The minimum absolute atomic E-state index is 0.269. The molecule has 0 bridgehead atoms. The van der Waals surface area contributed by atoms with Gasteiger partial charge >= 0.3 is 0 Å². The maximum atomic E-state index is 5.79. The van der Waals surface area contributed by atoms with Gasteiger partial charge in [-0.1, -0.05) is 43.7 Å². The highest BCUT2D eigenvalue weighted by atomic mass is 15.3. The smallest absolute Gasteiger partial charge is 0.222 e. The standard InChI is InChI=1S/C16H20N6/c1-2-3-9-18-15-14-13(19-16(17)20-15)11-22(21-14)10-12-7-5-4-6-8-12/h4-8,11H,2-3,9-10H2,1H3,(H3,17,18,19,20).